The van der Waals surface area contributed by atoms with Crippen LogP contribution in [0, 0.1) is 5.92 Å². The van der Waals surface area contributed by atoms with Gasteiger partial charge in [0.25, 0.3) is 0 Å². The number of unbranched alkanes of at least 4 members (excludes halogenated alkanes) is 3. The second-order valence-electron chi connectivity index (χ2n) is 9.10. The lowest BCUT2D eigenvalue weighted by molar-refractivity contribution is -0.139. The van der Waals surface area contributed by atoms with E-state index in [0.29, 0.717) is 0 Å². The zero-order valence-corrected chi connectivity index (χ0v) is 21.1. The average Bonchev–Trinajstić information content (AvgIpc) is 3.31. The fourth-order valence-electron chi connectivity index (χ4n) is 4.29. The molecule has 0 saturated heterocycles. The number of furan rings is 1. The largest absolute Gasteiger partial charge is 0.496 e. The highest BCUT2D eigenvalue weighted by atomic mass is 16.5. The number of methoxy groups -OCH3 is 1. The van der Waals surface area contributed by atoms with Crippen LogP contribution < -0.4 is 4.74 Å². The molecule has 0 amide bonds. The van der Waals surface area contributed by atoms with Crippen LogP contribution in [-0.2, 0) is 22.4 Å². The summed E-state index contributed by atoms with van der Waals surface area (Å²) < 4.78 is 17.0. The number of carbonyl (C=O) groups is 1. The molecule has 1 heterocycles. The van der Waals surface area contributed by atoms with Crippen LogP contribution in [0.4, 0.5) is 0 Å². The molecule has 1 atom stereocenters. The Balaban J connectivity index is 1.60. The SMILES string of the molecule is C=CC(=O)OCC(CO)CCCCc1ccc2cc(-c3ccc(CCCCC)cc3OC)oc2c1. The number of benzene rings is 2. The fourth-order valence-corrected chi connectivity index (χ4v) is 4.29. The molecule has 1 N–H and O–H groups in total. The maximum Gasteiger partial charge on any atom is 0.330 e. The first kappa shape index (κ1) is 26.6. The third kappa shape index (κ3) is 7.72. The maximum atomic E-state index is 11.2. The molecule has 35 heavy (non-hydrogen) atoms. The van der Waals surface area contributed by atoms with Gasteiger partial charge in [0.2, 0.25) is 0 Å². The number of hydrogen-bond acceptors (Lipinski definition) is 5. The molecule has 0 aliphatic carbocycles. The van der Waals surface area contributed by atoms with Crippen molar-refractivity contribution >= 4 is 16.9 Å². The van der Waals surface area contributed by atoms with Crippen LogP contribution in [0.15, 0.2) is 59.5 Å². The Morgan fingerprint density at radius 2 is 1.80 bits per heavy atom. The second-order valence-corrected chi connectivity index (χ2v) is 9.10. The summed E-state index contributed by atoms with van der Waals surface area (Å²) in [6.07, 6.45) is 9.51. The predicted molar refractivity (Wildman–Crippen MR) is 141 cm³/mol. The number of hydrogen-bond donors (Lipinski definition) is 1. The van der Waals surface area contributed by atoms with Crippen molar-refractivity contribution in [3.63, 3.8) is 0 Å². The quantitative estimate of drug-likeness (QED) is 0.146. The van der Waals surface area contributed by atoms with E-state index in [0.717, 1.165) is 66.2 Å². The minimum atomic E-state index is -0.449. The van der Waals surface area contributed by atoms with E-state index in [1.807, 2.05) is 0 Å². The van der Waals surface area contributed by atoms with Crippen molar-refractivity contribution in [2.24, 2.45) is 5.92 Å². The summed E-state index contributed by atoms with van der Waals surface area (Å²) in [5.74, 6) is 1.17. The van der Waals surface area contributed by atoms with Crippen LogP contribution in [0.1, 0.15) is 56.6 Å². The van der Waals surface area contributed by atoms with Crippen molar-refractivity contribution in [1.82, 2.24) is 0 Å². The smallest absolute Gasteiger partial charge is 0.330 e. The van der Waals surface area contributed by atoms with E-state index < -0.39 is 5.97 Å². The number of ether oxygens (including phenoxy) is 2. The second kappa shape index (κ2) is 13.7. The topological polar surface area (TPSA) is 68.9 Å². The molecule has 1 aromatic heterocycles. The zero-order valence-electron chi connectivity index (χ0n) is 21.1. The minimum absolute atomic E-state index is 0.00867. The van der Waals surface area contributed by atoms with Gasteiger partial charge in [-0.3, -0.25) is 0 Å². The highest BCUT2D eigenvalue weighted by molar-refractivity contribution is 5.84. The molecule has 188 valence electrons. The summed E-state index contributed by atoms with van der Waals surface area (Å²) in [7, 11) is 1.71. The van der Waals surface area contributed by atoms with Crippen molar-refractivity contribution in [3.8, 4) is 17.1 Å². The van der Waals surface area contributed by atoms with Gasteiger partial charge in [-0.25, -0.2) is 4.79 Å². The molecular weight excluding hydrogens is 440 g/mol. The van der Waals surface area contributed by atoms with Crippen LogP contribution in [0.2, 0.25) is 0 Å². The summed E-state index contributed by atoms with van der Waals surface area (Å²) in [5, 5.41) is 10.6. The number of aliphatic hydroxyl groups excluding tert-OH is 1. The highest BCUT2D eigenvalue weighted by Gasteiger charge is 2.13. The minimum Gasteiger partial charge on any atom is -0.496 e. The Kier molecular flexibility index (Phi) is 10.4. The third-order valence-corrected chi connectivity index (χ3v) is 6.40. The lowest BCUT2D eigenvalue weighted by Crippen LogP contribution is -2.16. The molecule has 0 aliphatic rings. The monoisotopic (exact) mass is 478 g/mol. The Labute approximate surface area is 208 Å². The fraction of sp³-hybridized carbons (Fsp3) is 0.433. The zero-order chi connectivity index (χ0) is 25.0. The van der Waals surface area contributed by atoms with Gasteiger partial charge >= 0.3 is 5.97 Å². The number of carbonyl (C=O) groups excluding carboxylic acids is 1. The summed E-state index contributed by atoms with van der Waals surface area (Å²) in [6, 6.07) is 14.8. The van der Waals surface area contributed by atoms with Crippen molar-refractivity contribution in [2.45, 2.75) is 58.3 Å². The van der Waals surface area contributed by atoms with Gasteiger partial charge in [0.1, 0.15) is 17.1 Å². The molecule has 2 aromatic carbocycles. The average molecular weight is 479 g/mol. The molecule has 5 heteroatoms. The number of fused-ring (bicyclic) bond motifs is 1. The van der Waals surface area contributed by atoms with Gasteiger partial charge in [-0.1, -0.05) is 51.0 Å². The Hall–Kier alpha value is -3.05. The molecule has 5 nitrogen and oxygen atoms in total. The number of esters is 1. The van der Waals surface area contributed by atoms with E-state index in [9.17, 15) is 9.90 Å². The van der Waals surface area contributed by atoms with Crippen LogP contribution in [0.25, 0.3) is 22.3 Å². The number of rotatable bonds is 15. The number of aliphatic hydroxyl groups is 1. The first-order chi connectivity index (χ1) is 17.1. The first-order valence-electron chi connectivity index (χ1n) is 12.7. The van der Waals surface area contributed by atoms with Crippen molar-refractivity contribution < 1.29 is 23.8 Å². The van der Waals surface area contributed by atoms with Crippen molar-refractivity contribution in [1.29, 1.82) is 0 Å². The van der Waals surface area contributed by atoms with Crippen LogP contribution in [0.3, 0.4) is 0 Å². The molecule has 0 saturated carbocycles. The Morgan fingerprint density at radius 3 is 2.51 bits per heavy atom. The standard InChI is InChI=1S/C30H38O5/c1-4-6-7-10-23-14-16-26(28(18-23)33-3)29-19-25-15-13-22(17-27(25)35-29)11-8-9-12-24(20-31)21-34-30(32)5-2/h5,13-19,24,31H,2,4,6-12,20-21H2,1,3H3. The summed E-state index contributed by atoms with van der Waals surface area (Å²) in [6.45, 7) is 5.84. The van der Waals surface area contributed by atoms with Crippen molar-refractivity contribution in [2.75, 3.05) is 20.3 Å². The van der Waals surface area contributed by atoms with Crippen molar-refractivity contribution in [3.05, 3.63) is 66.2 Å². The molecular formula is C30H38O5. The first-order valence-corrected chi connectivity index (χ1v) is 12.7. The van der Waals surface area contributed by atoms with Gasteiger partial charge in [-0.15, -0.1) is 0 Å². The highest BCUT2D eigenvalue weighted by Crippen LogP contribution is 2.35. The summed E-state index contributed by atoms with van der Waals surface area (Å²) in [5.41, 5.74) is 4.35. The van der Waals surface area contributed by atoms with Gasteiger partial charge in [0, 0.05) is 24.0 Å². The van der Waals surface area contributed by atoms with E-state index >= 15 is 0 Å². The van der Waals surface area contributed by atoms with Crippen LogP contribution in [-0.4, -0.2) is 31.4 Å². The number of aryl methyl sites for hydroxylation is 2. The molecule has 0 spiro atoms. The lowest BCUT2D eigenvalue weighted by Gasteiger charge is -2.13. The Bertz CT molecular complexity index is 1100. The molecule has 3 aromatic rings. The van der Waals surface area contributed by atoms with E-state index in [4.69, 9.17) is 13.9 Å². The molecule has 0 radical (unpaired) electrons. The maximum absolute atomic E-state index is 11.2. The normalized spacial score (nSPS) is 12.0. The van der Waals surface area contributed by atoms with Gasteiger partial charge < -0.3 is 19.0 Å². The van der Waals surface area contributed by atoms with Crippen LogP contribution in [0.5, 0.6) is 5.75 Å². The third-order valence-electron chi connectivity index (χ3n) is 6.40. The van der Waals surface area contributed by atoms with Gasteiger partial charge in [-0.05, 0) is 67.5 Å². The molecule has 1 unspecified atom stereocenters. The molecule has 3 rings (SSSR count). The summed E-state index contributed by atoms with van der Waals surface area (Å²) >= 11 is 0. The Morgan fingerprint density at radius 1 is 1.06 bits per heavy atom. The van der Waals surface area contributed by atoms with Gasteiger partial charge in [0.15, 0.2) is 0 Å². The molecule has 0 fully saturated rings. The predicted octanol–water partition coefficient (Wildman–Crippen LogP) is 6.89. The van der Waals surface area contributed by atoms with E-state index in [-0.39, 0.29) is 19.1 Å². The summed E-state index contributed by atoms with van der Waals surface area (Å²) in [4.78, 5) is 11.2. The van der Waals surface area contributed by atoms with Gasteiger partial charge in [-0.2, -0.15) is 0 Å². The van der Waals surface area contributed by atoms with E-state index in [1.54, 1.807) is 7.11 Å². The molecule has 0 aliphatic heterocycles. The van der Waals surface area contributed by atoms with E-state index in [2.05, 4.69) is 56.0 Å². The molecule has 0 bridgehead atoms. The van der Waals surface area contributed by atoms with Gasteiger partial charge in [0.05, 0.1) is 19.3 Å². The van der Waals surface area contributed by atoms with E-state index in [1.165, 1.54) is 30.4 Å². The lowest BCUT2D eigenvalue weighted by atomic mass is 10.0. The van der Waals surface area contributed by atoms with Crippen LogP contribution >= 0.6 is 0 Å².